The molecule has 1 N–H and O–H groups in total. The van der Waals surface area contributed by atoms with Crippen LogP contribution in [0.2, 0.25) is 0 Å². The molecular formula is C12H12N2O2. The lowest BCUT2D eigenvalue weighted by Gasteiger charge is -1.97. The predicted octanol–water partition coefficient (Wildman–Crippen LogP) is 2.02. The summed E-state index contributed by atoms with van der Waals surface area (Å²) >= 11 is 0. The van der Waals surface area contributed by atoms with Gasteiger partial charge in [-0.2, -0.15) is 5.10 Å². The van der Waals surface area contributed by atoms with Crippen LogP contribution in [0.15, 0.2) is 42.7 Å². The molecule has 4 heteroatoms. The van der Waals surface area contributed by atoms with E-state index in [1.54, 1.807) is 10.9 Å². The Balaban J connectivity index is 2.11. The molecule has 0 amide bonds. The van der Waals surface area contributed by atoms with Gasteiger partial charge < -0.3 is 5.11 Å². The lowest BCUT2D eigenvalue weighted by molar-refractivity contribution is -0.137. The highest BCUT2D eigenvalue weighted by atomic mass is 16.4. The van der Waals surface area contributed by atoms with Crippen LogP contribution in [0.25, 0.3) is 11.1 Å². The Bertz CT molecular complexity index is 477. The van der Waals surface area contributed by atoms with Crippen LogP contribution in [-0.2, 0) is 11.3 Å². The van der Waals surface area contributed by atoms with E-state index in [9.17, 15) is 4.79 Å². The Hall–Kier alpha value is -2.10. The zero-order chi connectivity index (χ0) is 11.4. The van der Waals surface area contributed by atoms with Gasteiger partial charge in [0.15, 0.2) is 0 Å². The topological polar surface area (TPSA) is 55.1 Å². The zero-order valence-electron chi connectivity index (χ0n) is 8.71. The summed E-state index contributed by atoms with van der Waals surface area (Å²) in [6.07, 6.45) is 3.70. The molecule has 1 aromatic carbocycles. The Kier molecular flexibility index (Phi) is 3.00. The molecule has 2 aromatic rings. The van der Waals surface area contributed by atoms with Crippen molar-refractivity contribution in [3.8, 4) is 11.1 Å². The third kappa shape index (κ3) is 2.48. The van der Waals surface area contributed by atoms with Crippen molar-refractivity contribution in [1.82, 2.24) is 9.78 Å². The first-order valence-corrected chi connectivity index (χ1v) is 5.05. The van der Waals surface area contributed by atoms with E-state index in [1.807, 2.05) is 36.5 Å². The molecule has 1 heterocycles. The molecule has 0 radical (unpaired) electrons. The second kappa shape index (κ2) is 4.61. The van der Waals surface area contributed by atoms with Crippen molar-refractivity contribution in [2.24, 2.45) is 0 Å². The van der Waals surface area contributed by atoms with Crippen LogP contribution in [0.5, 0.6) is 0 Å². The summed E-state index contributed by atoms with van der Waals surface area (Å²) < 4.78 is 1.65. The number of carboxylic acids is 1. The number of aliphatic carboxylic acids is 1. The largest absolute Gasteiger partial charge is 0.481 e. The molecule has 82 valence electrons. The van der Waals surface area contributed by atoms with Gasteiger partial charge in [-0.1, -0.05) is 30.3 Å². The van der Waals surface area contributed by atoms with Crippen LogP contribution < -0.4 is 0 Å². The van der Waals surface area contributed by atoms with Gasteiger partial charge in [-0.25, -0.2) is 0 Å². The monoisotopic (exact) mass is 216 g/mol. The average molecular weight is 216 g/mol. The minimum Gasteiger partial charge on any atom is -0.481 e. The Morgan fingerprint density at radius 3 is 2.69 bits per heavy atom. The number of carbonyl (C=O) groups is 1. The third-order valence-corrected chi connectivity index (χ3v) is 2.30. The highest BCUT2D eigenvalue weighted by Gasteiger charge is 2.02. The smallest absolute Gasteiger partial charge is 0.305 e. The first-order valence-electron chi connectivity index (χ1n) is 5.05. The molecule has 0 aliphatic heterocycles. The molecule has 0 saturated heterocycles. The summed E-state index contributed by atoms with van der Waals surface area (Å²) in [5.41, 5.74) is 2.09. The van der Waals surface area contributed by atoms with Crippen LogP contribution >= 0.6 is 0 Å². The normalized spacial score (nSPS) is 10.2. The Morgan fingerprint density at radius 1 is 1.25 bits per heavy atom. The fraction of sp³-hybridized carbons (Fsp3) is 0.167. The molecule has 0 aliphatic carbocycles. The van der Waals surface area contributed by atoms with Gasteiger partial charge in [-0.05, 0) is 5.56 Å². The van der Waals surface area contributed by atoms with Crippen molar-refractivity contribution < 1.29 is 9.90 Å². The van der Waals surface area contributed by atoms with E-state index in [4.69, 9.17) is 5.11 Å². The number of aryl methyl sites for hydroxylation is 1. The van der Waals surface area contributed by atoms with Crippen LogP contribution in [0.4, 0.5) is 0 Å². The molecule has 0 spiro atoms. The minimum atomic E-state index is -0.809. The highest BCUT2D eigenvalue weighted by molar-refractivity contribution is 5.66. The van der Waals surface area contributed by atoms with E-state index in [2.05, 4.69) is 5.10 Å². The van der Waals surface area contributed by atoms with Crippen molar-refractivity contribution in [1.29, 1.82) is 0 Å². The van der Waals surface area contributed by atoms with Gasteiger partial charge in [0.25, 0.3) is 0 Å². The summed E-state index contributed by atoms with van der Waals surface area (Å²) in [6.45, 7) is 0.405. The number of nitrogens with zero attached hydrogens (tertiary/aromatic N) is 2. The lowest BCUT2D eigenvalue weighted by Crippen LogP contribution is -2.04. The van der Waals surface area contributed by atoms with E-state index < -0.39 is 5.97 Å². The molecule has 2 rings (SSSR count). The summed E-state index contributed by atoms with van der Waals surface area (Å²) in [6, 6.07) is 9.88. The maximum absolute atomic E-state index is 10.4. The van der Waals surface area contributed by atoms with Gasteiger partial charge in [-0.3, -0.25) is 9.48 Å². The van der Waals surface area contributed by atoms with E-state index in [0.717, 1.165) is 11.1 Å². The van der Waals surface area contributed by atoms with Crippen LogP contribution in [0, 0.1) is 0 Å². The Morgan fingerprint density at radius 2 is 2.00 bits per heavy atom. The first-order chi connectivity index (χ1) is 7.75. The van der Waals surface area contributed by atoms with E-state index in [1.165, 1.54) is 0 Å². The summed E-state index contributed by atoms with van der Waals surface area (Å²) in [5, 5.41) is 12.7. The van der Waals surface area contributed by atoms with Crippen molar-refractivity contribution >= 4 is 5.97 Å². The Labute approximate surface area is 93.1 Å². The number of rotatable bonds is 4. The standard InChI is InChI=1S/C12H12N2O2/c15-12(16)6-7-14-9-11(8-13-14)10-4-2-1-3-5-10/h1-5,8-9H,6-7H2,(H,15,16). The molecule has 1 aromatic heterocycles. The number of carboxylic acid groups (broad SMARTS) is 1. The lowest BCUT2D eigenvalue weighted by atomic mass is 10.1. The molecule has 16 heavy (non-hydrogen) atoms. The predicted molar refractivity (Wildman–Crippen MR) is 59.9 cm³/mol. The summed E-state index contributed by atoms with van der Waals surface area (Å²) in [5.74, 6) is -0.809. The fourth-order valence-electron chi connectivity index (χ4n) is 1.48. The van der Waals surface area contributed by atoms with Gasteiger partial charge in [0.2, 0.25) is 0 Å². The number of hydrogen-bond acceptors (Lipinski definition) is 2. The van der Waals surface area contributed by atoms with E-state index in [-0.39, 0.29) is 6.42 Å². The number of benzene rings is 1. The van der Waals surface area contributed by atoms with Crippen LogP contribution in [0.3, 0.4) is 0 Å². The first kappa shape index (κ1) is 10.4. The van der Waals surface area contributed by atoms with E-state index in [0.29, 0.717) is 6.54 Å². The molecule has 0 saturated carbocycles. The molecule has 4 nitrogen and oxygen atoms in total. The highest BCUT2D eigenvalue weighted by Crippen LogP contribution is 2.17. The second-order valence-corrected chi connectivity index (χ2v) is 3.50. The van der Waals surface area contributed by atoms with E-state index >= 15 is 0 Å². The van der Waals surface area contributed by atoms with Crippen molar-refractivity contribution in [2.75, 3.05) is 0 Å². The van der Waals surface area contributed by atoms with Crippen LogP contribution in [-0.4, -0.2) is 20.9 Å². The number of hydrogen-bond donors (Lipinski definition) is 1. The summed E-state index contributed by atoms with van der Waals surface area (Å²) in [4.78, 5) is 10.4. The quantitative estimate of drug-likeness (QED) is 0.850. The second-order valence-electron chi connectivity index (χ2n) is 3.50. The zero-order valence-corrected chi connectivity index (χ0v) is 8.71. The molecule has 0 aliphatic rings. The minimum absolute atomic E-state index is 0.0932. The average Bonchev–Trinajstić information content (AvgIpc) is 2.76. The molecule has 0 atom stereocenters. The van der Waals surface area contributed by atoms with Crippen molar-refractivity contribution in [3.63, 3.8) is 0 Å². The molecular weight excluding hydrogens is 204 g/mol. The third-order valence-electron chi connectivity index (χ3n) is 2.30. The maximum Gasteiger partial charge on any atom is 0.305 e. The van der Waals surface area contributed by atoms with Crippen molar-refractivity contribution in [2.45, 2.75) is 13.0 Å². The molecule has 0 fully saturated rings. The van der Waals surface area contributed by atoms with Gasteiger partial charge in [0.1, 0.15) is 0 Å². The summed E-state index contributed by atoms with van der Waals surface area (Å²) in [7, 11) is 0. The number of aromatic nitrogens is 2. The van der Waals surface area contributed by atoms with Gasteiger partial charge in [-0.15, -0.1) is 0 Å². The van der Waals surface area contributed by atoms with Gasteiger partial charge in [0, 0.05) is 11.8 Å². The molecule has 0 bridgehead atoms. The maximum atomic E-state index is 10.4. The SMILES string of the molecule is O=C(O)CCn1cc(-c2ccccc2)cn1. The van der Waals surface area contributed by atoms with Gasteiger partial charge >= 0.3 is 5.97 Å². The van der Waals surface area contributed by atoms with Crippen LogP contribution in [0.1, 0.15) is 6.42 Å². The molecule has 0 unspecified atom stereocenters. The van der Waals surface area contributed by atoms with Crippen molar-refractivity contribution in [3.05, 3.63) is 42.7 Å². The van der Waals surface area contributed by atoms with Gasteiger partial charge in [0.05, 0.1) is 19.2 Å². The fourth-order valence-corrected chi connectivity index (χ4v) is 1.48.